The van der Waals surface area contributed by atoms with Crippen LogP contribution in [-0.4, -0.2) is 17.0 Å². The maximum atomic E-state index is 12.6. The van der Waals surface area contributed by atoms with E-state index in [0.717, 1.165) is 21.8 Å². The van der Waals surface area contributed by atoms with Gasteiger partial charge in [0, 0.05) is 8.95 Å². The van der Waals surface area contributed by atoms with Gasteiger partial charge in [0.15, 0.2) is 5.84 Å². The molecule has 2 rings (SSSR count). The number of amides is 1. The van der Waals surface area contributed by atoms with Gasteiger partial charge in [0.2, 0.25) is 5.91 Å². The van der Waals surface area contributed by atoms with Gasteiger partial charge in [-0.1, -0.05) is 33.9 Å². The van der Waals surface area contributed by atoms with Crippen LogP contribution in [0.25, 0.3) is 0 Å². The van der Waals surface area contributed by atoms with Crippen molar-refractivity contribution >= 4 is 49.3 Å². The first-order valence-electron chi connectivity index (χ1n) is 6.24. The number of carbonyl (C=O) groups excluding carboxylic acids is 1. The molecule has 1 aliphatic rings. The lowest BCUT2D eigenvalue weighted by molar-refractivity contribution is -0.122. The van der Waals surface area contributed by atoms with E-state index in [-0.39, 0.29) is 11.7 Å². The molecule has 0 aliphatic heterocycles. The van der Waals surface area contributed by atoms with Crippen molar-refractivity contribution in [2.24, 2.45) is 16.3 Å². The molecular formula is C13H15Br2N3O2. The molecule has 0 atom stereocenters. The van der Waals surface area contributed by atoms with Gasteiger partial charge in [0.05, 0.1) is 5.69 Å². The fourth-order valence-electron chi connectivity index (χ4n) is 2.51. The average molecular weight is 405 g/mol. The molecule has 1 aliphatic carbocycles. The lowest BCUT2D eigenvalue weighted by Gasteiger charge is -2.26. The third-order valence-electron chi connectivity index (χ3n) is 3.67. The molecule has 108 valence electrons. The second-order valence-corrected chi connectivity index (χ2v) is 6.62. The summed E-state index contributed by atoms with van der Waals surface area (Å²) in [6.07, 6.45) is 2.98. The zero-order valence-corrected chi connectivity index (χ0v) is 13.9. The molecule has 1 aromatic rings. The molecule has 1 amide bonds. The number of amidine groups is 1. The molecule has 0 spiro atoms. The summed E-state index contributed by atoms with van der Waals surface area (Å²) in [4.78, 5) is 12.6. The highest BCUT2D eigenvalue weighted by Gasteiger charge is 2.45. The molecule has 0 saturated heterocycles. The normalized spacial score (nSPS) is 18.0. The van der Waals surface area contributed by atoms with Crippen molar-refractivity contribution in [2.75, 3.05) is 5.32 Å². The molecular weight excluding hydrogens is 390 g/mol. The van der Waals surface area contributed by atoms with Gasteiger partial charge in [-0.05, 0) is 47.0 Å². The molecule has 1 saturated carbocycles. The summed E-state index contributed by atoms with van der Waals surface area (Å²) in [5.41, 5.74) is 5.50. The van der Waals surface area contributed by atoms with E-state index in [4.69, 9.17) is 10.9 Å². The minimum Gasteiger partial charge on any atom is -0.409 e. The van der Waals surface area contributed by atoms with Crippen LogP contribution in [0.2, 0.25) is 0 Å². The third-order valence-corrected chi connectivity index (χ3v) is 4.85. The fraction of sp³-hybridized carbons (Fsp3) is 0.385. The maximum absolute atomic E-state index is 12.6. The number of anilines is 1. The molecule has 0 radical (unpaired) electrons. The van der Waals surface area contributed by atoms with Gasteiger partial charge in [0.1, 0.15) is 5.41 Å². The van der Waals surface area contributed by atoms with Gasteiger partial charge in [-0.2, -0.15) is 0 Å². The molecule has 5 nitrogen and oxygen atoms in total. The molecule has 0 unspecified atom stereocenters. The Kier molecular flexibility index (Phi) is 4.70. The number of nitrogens with zero attached hydrogens (tertiary/aromatic N) is 1. The Morgan fingerprint density at radius 3 is 2.60 bits per heavy atom. The topological polar surface area (TPSA) is 87.7 Å². The number of hydrogen-bond donors (Lipinski definition) is 3. The number of carbonyl (C=O) groups is 1. The molecule has 0 heterocycles. The standard InChI is InChI=1S/C13H15Br2N3O2/c14-8-3-4-9(15)10(7-8)17-12(19)13(11(16)18-20)5-1-2-6-13/h3-4,7,20H,1-2,5-6H2,(H2,16,18)(H,17,19). The van der Waals surface area contributed by atoms with Crippen molar-refractivity contribution in [1.29, 1.82) is 0 Å². The highest BCUT2D eigenvalue weighted by molar-refractivity contribution is 9.11. The van der Waals surface area contributed by atoms with E-state index in [1.54, 1.807) is 6.07 Å². The Bertz CT molecular complexity index is 555. The van der Waals surface area contributed by atoms with Gasteiger partial charge in [0.25, 0.3) is 0 Å². The molecule has 1 aromatic carbocycles. The number of nitrogens with one attached hydrogen (secondary N) is 1. The van der Waals surface area contributed by atoms with E-state index < -0.39 is 5.41 Å². The summed E-state index contributed by atoms with van der Waals surface area (Å²) in [6, 6.07) is 5.51. The molecule has 20 heavy (non-hydrogen) atoms. The largest absolute Gasteiger partial charge is 0.409 e. The van der Waals surface area contributed by atoms with Crippen LogP contribution in [0.3, 0.4) is 0 Å². The second kappa shape index (κ2) is 6.13. The van der Waals surface area contributed by atoms with Crippen molar-refractivity contribution in [3.8, 4) is 0 Å². The van der Waals surface area contributed by atoms with Gasteiger partial charge < -0.3 is 16.3 Å². The Balaban J connectivity index is 2.28. The number of halogens is 2. The first-order valence-corrected chi connectivity index (χ1v) is 7.83. The quantitative estimate of drug-likeness (QED) is 0.312. The fourth-order valence-corrected chi connectivity index (χ4v) is 3.22. The van der Waals surface area contributed by atoms with Crippen LogP contribution in [0, 0.1) is 5.41 Å². The summed E-state index contributed by atoms with van der Waals surface area (Å²) >= 11 is 6.76. The number of rotatable bonds is 3. The number of benzene rings is 1. The summed E-state index contributed by atoms with van der Waals surface area (Å²) in [5, 5.41) is 14.9. The first kappa shape index (κ1) is 15.3. The van der Waals surface area contributed by atoms with E-state index in [9.17, 15) is 4.79 Å². The Labute approximate surface area is 133 Å². The monoisotopic (exact) mass is 403 g/mol. The van der Waals surface area contributed by atoms with Crippen LogP contribution in [0.5, 0.6) is 0 Å². The van der Waals surface area contributed by atoms with Crippen molar-refractivity contribution in [1.82, 2.24) is 0 Å². The van der Waals surface area contributed by atoms with Gasteiger partial charge in [-0.25, -0.2) is 0 Å². The van der Waals surface area contributed by atoms with Crippen LogP contribution in [-0.2, 0) is 4.79 Å². The zero-order valence-electron chi connectivity index (χ0n) is 10.7. The molecule has 1 fully saturated rings. The van der Waals surface area contributed by atoms with Crippen LogP contribution in [0.15, 0.2) is 32.3 Å². The molecule has 0 aromatic heterocycles. The maximum Gasteiger partial charge on any atom is 0.238 e. The molecule has 0 bridgehead atoms. The summed E-state index contributed by atoms with van der Waals surface area (Å²) in [5.74, 6) is -0.247. The highest BCUT2D eigenvalue weighted by atomic mass is 79.9. The van der Waals surface area contributed by atoms with Gasteiger partial charge >= 0.3 is 0 Å². The Morgan fingerprint density at radius 2 is 2.00 bits per heavy atom. The second-order valence-electron chi connectivity index (χ2n) is 4.85. The summed E-state index contributed by atoms with van der Waals surface area (Å²) in [6.45, 7) is 0. The average Bonchev–Trinajstić information content (AvgIpc) is 2.92. The zero-order chi connectivity index (χ0) is 14.8. The van der Waals surface area contributed by atoms with Crippen LogP contribution >= 0.6 is 31.9 Å². The van der Waals surface area contributed by atoms with Crippen LogP contribution in [0.1, 0.15) is 25.7 Å². The highest BCUT2D eigenvalue weighted by Crippen LogP contribution is 2.40. The number of hydrogen-bond acceptors (Lipinski definition) is 3. The predicted molar refractivity (Wildman–Crippen MR) is 84.8 cm³/mol. The molecule has 4 N–H and O–H groups in total. The first-order chi connectivity index (χ1) is 9.49. The summed E-state index contributed by atoms with van der Waals surface area (Å²) < 4.78 is 1.64. The van der Waals surface area contributed by atoms with Crippen molar-refractivity contribution in [3.63, 3.8) is 0 Å². The number of nitrogens with two attached hydrogens (primary N) is 1. The Morgan fingerprint density at radius 1 is 1.35 bits per heavy atom. The van der Waals surface area contributed by atoms with Crippen molar-refractivity contribution in [2.45, 2.75) is 25.7 Å². The van der Waals surface area contributed by atoms with Crippen LogP contribution < -0.4 is 11.1 Å². The van der Waals surface area contributed by atoms with E-state index in [0.29, 0.717) is 18.5 Å². The van der Waals surface area contributed by atoms with Crippen molar-refractivity contribution < 1.29 is 10.0 Å². The lowest BCUT2D eigenvalue weighted by Crippen LogP contribution is -2.45. The lowest BCUT2D eigenvalue weighted by atomic mass is 9.83. The van der Waals surface area contributed by atoms with Gasteiger partial charge in [-0.15, -0.1) is 0 Å². The number of oxime groups is 1. The minimum absolute atomic E-state index is 0.0152. The van der Waals surface area contributed by atoms with Crippen molar-refractivity contribution in [3.05, 3.63) is 27.1 Å². The van der Waals surface area contributed by atoms with E-state index in [1.807, 2.05) is 12.1 Å². The van der Waals surface area contributed by atoms with E-state index in [2.05, 4.69) is 42.3 Å². The minimum atomic E-state index is -0.906. The van der Waals surface area contributed by atoms with E-state index in [1.165, 1.54) is 0 Å². The molecule has 7 heteroatoms. The Hall–Kier alpha value is -1.08. The summed E-state index contributed by atoms with van der Waals surface area (Å²) in [7, 11) is 0. The van der Waals surface area contributed by atoms with E-state index >= 15 is 0 Å². The van der Waals surface area contributed by atoms with Crippen LogP contribution in [0.4, 0.5) is 5.69 Å². The smallest absolute Gasteiger partial charge is 0.238 e. The third kappa shape index (κ3) is 2.83. The predicted octanol–water partition coefficient (Wildman–Crippen LogP) is 3.46. The SMILES string of the molecule is NC(=NO)C1(C(=O)Nc2cc(Br)ccc2Br)CCCC1. The van der Waals surface area contributed by atoms with Gasteiger partial charge in [-0.3, -0.25) is 4.79 Å².